The van der Waals surface area contributed by atoms with E-state index in [1.165, 1.54) is 0 Å². The van der Waals surface area contributed by atoms with Crippen molar-refractivity contribution >= 4 is 15.9 Å². The summed E-state index contributed by atoms with van der Waals surface area (Å²) in [7, 11) is -3.51. The van der Waals surface area contributed by atoms with E-state index in [0.29, 0.717) is 18.7 Å². The smallest absolute Gasteiger partial charge is 0.225 e. The number of carbonyl (C=O) groups excluding carboxylic acids is 1. The average molecular weight is 384 g/mol. The highest BCUT2D eigenvalue weighted by Crippen LogP contribution is 2.28. The molecule has 1 aliphatic heterocycles. The molecular weight excluding hydrogens is 354 g/mol. The molecule has 1 saturated carbocycles. The van der Waals surface area contributed by atoms with Crippen molar-refractivity contribution in [2.24, 2.45) is 5.92 Å². The van der Waals surface area contributed by atoms with Gasteiger partial charge in [0.2, 0.25) is 15.9 Å². The fourth-order valence-electron chi connectivity index (χ4n) is 3.80. The van der Waals surface area contributed by atoms with Crippen LogP contribution in [0.4, 0.5) is 0 Å². The van der Waals surface area contributed by atoms with Crippen LogP contribution in [0.2, 0.25) is 0 Å². The lowest BCUT2D eigenvalue weighted by Crippen LogP contribution is -2.49. The number of sulfonamides is 1. The Morgan fingerprint density at radius 1 is 1.31 bits per heavy atom. The third-order valence-electron chi connectivity index (χ3n) is 5.45. The van der Waals surface area contributed by atoms with Gasteiger partial charge in [-0.05, 0) is 31.6 Å². The number of aromatic nitrogens is 1. The molecule has 1 amide bonds. The van der Waals surface area contributed by atoms with Crippen molar-refractivity contribution in [3.63, 3.8) is 0 Å². The summed E-state index contributed by atoms with van der Waals surface area (Å²) in [4.78, 5) is 14.4. The summed E-state index contributed by atoms with van der Waals surface area (Å²) < 4.78 is 33.2. The molecule has 2 heterocycles. The maximum atomic E-state index is 12.7. The van der Waals surface area contributed by atoms with Gasteiger partial charge in [0.05, 0.1) is 17.5 Å². The molecule has 0 unspecified atom stereocenters. The Bertz CT molecular complexity index is 723. The fraction of sp³-hybridized carbons (Fsp3) is 0.778. The van der Waals surface area contributed by atoms with Gasteiger partial charge in [0, 0.05) is 25.1 Å². The molecule has 3 rings (SSSR count). The lowest BCUT2D eigenvalue weighted by Gasteiger charge is -2.34. The predicted octanol–water partition coefficient (Wildman–Crippen LogP) is 2.40. The van der Waals surface area contributed by atoms with Crippen LogP contribution in [-0.2, 0) is 21.4 Å². The Hall–Kier alpha value is -1.41. The molecule has 146 valence electrons. The number of rotatable bonds is 6. The highest BCUT2D eigenvalue weighted by atomic mass is 32.2. The predicted molar refractivity (Wildman–Crippen MR) is 97.9 cm³/mol. The quantitative estimate of drug-likeness (QED) is 0.814. The van der Waals surface area contributed by atoms with Crippen molar-refractivity contribution in [2.75, 3.05) is 13.1 Å². The maximum absolute atomic E-state index is 12.7. The van der Waals surface area contributed by atoms with Gasteiger partial charge in [-0.15, -0.1) is 0 Å². The zero-order valence-electron chi connectivity index (χ0n) is 15.6. The average Bonchev–Trinajstić information content (AvgIpc) is 3.31. The number of amides is 1. The van der Waals surface area contributed by atoms with Crippen molar-refractivity contribution in [1.82, 2.24) is 14.8 Å². The number of hydrogen-bond donors (Lipinski definition) is 1. The molecule has 7 nitrogen and oxygen atoms in total. The first-order valence-corrected chi connectivity index (χ1v) is 11.1. The SMILES string of the molecule is CC(C)c1cc(CNS(=O)(=O)[C@@H]2CCCN(C(=O)C3CCCC3)C2)on1. The van der Waals surface area contributed by atoms with Gasteiger partial charge in [-0.3, -0.25) is 4.79 Å². The molecule has 0 spiro atoms. The summed E-state index contributed by atoms with van der Waals surface area (Å²) in [6.07, 6.45) is 5.39. The lowest BCUT2D eigenvalue weighted by atomic mass is 10.0. The van der Waals surface area contributed by atoms with E-state index in [1.807, 2.05) is 13.8 Å². The van der Waals surface area contributed by atoms with Gasteiger partial charge >= 0.3 is 0 Å². The number of piperidine rings is 1. The number of likely N-dealkylation sites (tertiary alicyclic amines) is 1. The highest BCUT2D eigenvalue weighted by molar-refractivity contribution is 7.90. The second-order valence-corrected chi connectivity index (χ2v) is 9.81. The van der Waals surface area contributed by atoms with E-state index in [9.17, 15) is 13.2 Å². The molecule has 0 bridgehead atoms. The first-order chi connectivity index (χ1) is 12.4. The summed E-state index contributed by atoms with van der Waals surface area (Å²) in [5.74, 6) is 0.969. The molecule has 2 fully saturated rings. The monoisotopic (exact) mass is 383 g/mol. The van der Waals surface area contributed by atoms with Gasteiger partial charge in [-0.2, -0.15) is 0 Å². The van der Waals surface area contributed by atoms with Crippen LogP contribution in [0.1, 0.15) is 69.7 Å². The number of nitrogens with zero attached hydrogens (tertiary/aromatic N) is 2. The second-order valence-electron chi connectivity index (χ2n) is 7.77. The zero-order valence-corrected chi connectivity index (χ0v) is 16.4. The number of carbonyl (C=O) groups is 1. The van der Waals surface area contributed by atoms with Gasteiger partial charge in [0.15, 0.2) is 5.76 Å². The normalized spacial score (nSPS) is 22.3. The molecule has 1 aliphatic carbocycles. The van der Waals surface area contributed by atoms with Gasteiger partial charge in [0.25, 0.3) is 0 Å². The van der Waals surface area contributed by atoms with Crippen molar-refractivity contribution < 1.29 is 17.7 Å². The topological polar surface area (TPSA) is 92.5 Å². The Morgan fingerprint density at radius 2 is 2.04 bits per heavy atom. The summed E-state index contributed by atoms with van der Waals surface area (Å²) in [6, 6.07) is 1.78. The van der Waals surface area contributed by atoms with Crippen LogP contribution in [0.25, 0.3) is 0 Å². The summed E-state index contributed by atoms with van der Waals surface area (Å²) in [5.41, 5.74) is 0.810. The Morgan fingerprint density at radius 3 is 2.69 bits per heavy atom. The molecule has 1 aromatic rings. The third-order valence-corrected chi connectivity index (χ3v) is 7.26. The van der Waals surface area contributed by atoms with Gasteiger partial charge in [-0.25, -0.2) is 13.1 Å². The summed E-state index contributed by atoms with van der Waals surface area (Å²) >= 11 is 0. The Labute approximate surface area is 155 Å². The third kappa shape index (κ3) is 4.46. The second kappa shape index (κ2) is 8.08. The van der Waals surface area contributed by atoms with Crippen molar-refractivity contribution in [3.8, 4) is 0 Å². The van der Waals surface area contributed by atoms with Crippen LogP contribution in [-0.4, -0.2) is 42.7 Å². The van der Waals surface area contributed by atoms with E-state index >= 15 is 0 Å². The van der Waals surface area contributed by atoms with E-state index < -0.39 is 15.3 Å². The van der Waals surface area contributed by atoms with E-state index in [4.69, 9.17) is 4.52 Å². The molecule has 1 N–H and O–H groups in total. The number of nitrogens with one attached hydrogen (secondary N) is 1. The highest BCUT2D eigenvalue weighted by Gasteiger charge is 2.35. The van der Waals surface area contributed by atoms with Gasteiger partial charge < -0.3 is 9.42 Å². The number of hydrogen-bond acceptors (Lipinski definition) is 5. The van der Waals surface area contributed by atoms with Crippen molar-refractivity contribution in [3.05, 3.63) is 17.5 Å². The minimum absolute atomic E-state index is 0.0908. The molecule has 0 radical (unpaired) electrons. The molecule has 8 heteroatoms. The molecule has 1 saturated heterocycles. The van der Waals surface area contributed by atoms with Crippen LogP contribution in [0.15, 0.2) is 10.6 Å². The molecule has 26 heavy (non-hydrogen) atoms. The van der Waals surface area contributed by atoms with Crippen molar-refractivity contribution in [2.45, 2.75) is 70.1 Å². The molecule has 1 atom stereocenters. The lowest BCUT2D eigenvalue weighted by molar-refractivity contribution is -0.136. The van der Waals surface area contributed by atoms with Gasteiger partial charge in [-0.1, -0.05) is 31.8 Å². The first-order valence-electron chi connectivity index (χ1n) is 9.59. The van der Waals surface area contributed by atoms with Crippen LogP contribution in [0.5, 0.6) is 0 Å². The van der Waals surface area contributed by atoms with E-state index in [1.54, 1.807) is 11.0 Å². The van der Waals surface area contributed by atoms with E-state index in [-0.39, 0.29) is 30.8 Å². The van der Waals surface area contributed by atoms with Crippen molar-refractivity contribution in [1.29, 1.82) is 0 Å². The zero-order chi connectivity index (χ0) is 18.7. The Balaban J connectivity index is 1.58. The standard InChI is InChI=1S/C18H29N3O4S/c1-13(2)17-10-15(25-20-17)11-19-26(23,24)16-8-5-9-21(12-16)18(22)14-6-3-4-7-14/h10,13-14,16,19H,3-9,11-12H2,1-2H3/t16-/m1/s1. The van der Waals surface area contributed by atoms with Crippen LogP contribution >= 0.6 is 0 Å². The maximum Gasteiger partial charge on any atom is 0.225 e. The van der Waals surface area contributed by atoms with E-state index in [2.05, 4.69) is 9.88 Å². The Kier molecular flexibility index (Phi) is 6.02. The summed E-state index contributed by atoms with van der Waals surface area (Å²) in [5, 5.41) is 3.38. The largest absolute Gasteiger partial charge is 0.360 e. The van der Waals surface area contributed by atoms with E-state index in [0.717, 1.165) is 37.8 Å². The van der Waals surface area contributed by atoms with Gasteiger partial charge in [0.1, 0.15) is 0 Å². The molecular formula is C18H29N3O4S. The van der Waals surface area contributed by atoms with Crippen LogP contribution < -0.4 is 4.72 Å². The minimum atomic E-state index is -3.51. The molecule has 1 aromatic heterocycles. The minimum Gasteiger partial charge on any atom is -0.360 e. The van der Waals surface area contributed by atoms with Crippen LogP contribution in [0, 0.1) is 5.92 Å². The molecule has 0 aromatic carbocycles. The van der Waals surface area contributed by atoms with Crippen LogP contribution in [0.3, 0.4) is 0 Å². The summed E-state index contributed by atoms with van der Waals surface area (Å²) in [6.45, 7) is 5.06. The first kappa shape index (κ1) is 19.4. The molecule has 2 aliphatic rings. The fourth-order valence-corrected chi connectivity index (χ4v) is 5.23.